The van der Waals surface area contributed by atoms with E-state index in [1.54, 1.807) is 0 Å². The summed E-state index contributed by atoms with van der Waals surface area (Å²) in [6, 6.07) is 49.5. The molecule has 9 rings (SSSR count). The second-order valence-corrected chi connectivity index (χ2v) is 14.1. The van der Waals surface area contributed by atoms with Crippen LogP contribution in [0, 0.1) is 6.92 Å². The van der Waals surface area contributed by atoms with Crippen LogP contribution in [0.25, 0.3) is 78.2 Å². The smallest absolute Gasteiger partial charge is 0.164 e. The Balaban J connectivity index is 0.00000128. The largest absolute Gasteiger partial charge is 0.456 e. The minimum Gasteiger partial charge on any atom is -0.456 e. The predicted octanol–water partition coefficient (Wildman–Crippen LogP) is 15.0. The molecule has 0 aliphatic heterocycles. The van der Waals surface area contributed by atoms with Gasteiger partial charge in [0.05, 0.1) is 0 Å². The zero-order chi connectivity index (χ0) is 41.3. The molecule has 0 N–H and O–H groups in total. The molecule has 1 unspecified atom stereocenters. The Hall–Kier alpha value is -6.66. The van der Waals surface area contributed by atoms with Crippen LogP contribution in [0.1, 0.15) is 77.7 Å². The number of nitrogens with zero attached hydrogens (tertiary/aromatic N) is 4. The molecule has 59 heavy (non-hydrogen) atoms. The molecule has 0 spiro atoms. The quantitative estimate of drug-likeness (QED) is 0.129. The first kappa shape index (κ1) is 40.5. The van der Waals surface area contributed by atoms with Gasteiger partial charge in [0.2, 0.25) is 0 Å². The van der Waals surface area contributed by atoms with Crippen molar-refractivity contribution < 1.29 is 8.83 Å². The van der Waals surface area contributed by atoms with Gasteiger partial charge < -0.3 is 8.83 Å². The standard InChI is InChI=1S/C49H40N4O2.2C2H6/c1-4-5-17-31(2)50-45(33-18-9-6-10-19-33)46-32(3)43-37(24-15-26-41(43)55-46)36-28-29-40-39(30-36)44-38(25-16-27-42(44)54-40)49-52-47(34-20-11-7-12-21-34)51-48(53-49)35-22-13-8-14-23-35;2*1-2/h6-16,18-31H,4-5,17H2,1-3H3;2*1-2H3. The lowest BCUT2D eigenvalue weighted by Gasteiger charge is -2.11. The normalized spacial score (nSPS) is 11.9. The Morgan fingerprint density at radius 3 is 1.73 bits per heavy atom. The van der Waals surface area contributed by atoms with E-state index in [0.717, 1.165) is 103 Å². The molecule has 6 aromatic carbocycles. The van der Waals surface area contributed by atoms with E-state index in [2.05, 4.69) is 87.5 Å². The maximum absolute atomic E-state index is 6.73. The van der Waals surface area contributed by atoms with Crippen LogP contribution in [-0.2, 0) is 0 Å². The van der Waals surface area contributed by atoms with Crippen molar-refractivity contribution in [2.24, 2.45) is 4.99 Å². The second kappa shape index (κ2) is 18.7. The van der Waals surface area contributed by atoms with Gasteiger partial charge in [-0.2, -0.15) is 0 Å². The van der Waals surface area contributed by atoms with Crippen molar-refractivity contribution in [1.82, 2.24) is 15.0 Å². The number of aryl methyl sites for hydroxylation is 1. The minimum atomic E-state index is 0.171. The van der Waals surface area contributed by atoms with Crippen LogP contribution in [0.4, 0.5) is 0 Å². The van der Waals surface area contributed by atoms with Crippen molar-refractivity contribution in [2.75, 3.05) is 0 Å². The van der Waals surface area contributed by atoms with Gasteiger partial charge in [0.1, 0.15) is 22.5 Å². The molecule has 9 aromatic rings. The van der Waals surface area contributed by atoms with E-state index in [1.165, 1.54) is 0 Å². The van der Waals surface area contributed by atoms with Gasteiger partial charge in [-0.1, -0.05) is 169 Å². The lowest BCUT2D eigenvalue weighted by atomic mass is 9.95. The third kappa shape index (κ3) is 8.35. The summed E-state index contributed by atoms with van der Waals surface area (Å²) in [6.07, 6.45) is 3.31. The topological polar surface area (TPSA) is 77.3 Å². The van der Waals surface area contributed by atoms with Crippen molar-refractivity contribution in [3.8, 4) is 45.3 Å². The number of rotatable bonds is 10. The molecule has 6 nitrogen and oxygen atoms in total. The molecule has 0 radical (unpaired) electrons. The van der Waals surface area contributed by atoms with E-state index in [9.17, 15) is 0 Å². The molecule has 0 aliphatic carbocycles. The van der Waals surface area contributed by atoms with E-state index >= 15 is 0 Å². The number of furan rings is 2. The highest BCUT2D eigenvalue weighted by Crippen LogP contribution is 2.41. The van der Waals surface area contributed by atoms with Crippen molar-refractivity contribution in [1.29, 1.82) is 0 Å². The van der Waals surface area contributed by atoms with Gasteiger partial charge in [-0.25, -0.2) is 15.0 Å². The number of hydrogen-bond acceptors (Lipinski definition) is 6. The molecule has 6 heteroatoms. The lowest BCUT2D eigenvalue weighted by molar-refractivity contribution is 0.592. The Bertz CT molecular complexity index is 2760. The molecule has 0 fully saturated rings. The molecule has 3 heterocycles. The predicted molar refractivity (Wildman–Crippen MR) is 247 cm³/mol. The van der Waals surface area contributed by atoms with Gasteiger partial charge in [-0.15, -0.1) is 0 Å². The first-order valence-corrected chi connectivity index (χ1v) is 21.0. The maximum Gasteiger partial charge on any atom is 0.164 e. The highest BCUT2D eigenvalue weighted by atomic mass is 16.3. The summed E-state index contributed by atoms with van der Waals surface area (Å²) in [5, 5.41) is 3.02. The van der Waals surface area contributed by atoms with Crippen LogP contribution in [0.2, 0.25) is 0 Å². The molecule has 0 aliphatic rings. The Labute approximate surface area is 347 Å². The highest BCUT2D eigenvalue weighted by Gasteiger charge is 2.23. The number of aromatic nitrogens is 3. The van der Waals surface area contributed by atoms with E-state index in [0.29, 0.717) is 17.5 Å². The summed E-state index contributed by atoms with van der Waals surface area (Å²) < 4.78 is 13.2. The van der Waals surface area contributed by atoms with E-state index < -0.39 is 0 Å². The second-order valence-electron chi connectivity index (χ2n) is 14.1. The summed E-state index contributed by atoms with van der Waals surface area (Å²) in [7, 11) is 0. The Morgan fingerprint density at radius 1 is 0.559 bits per heavy atom. The van der Waals surface area contributed by atoms with Crippen molar-refractivity contribution >= 4 is 38.6 Å². The molecule has 296 valence electrons. The average molecular weight is 777 g/mol. The molecule has 0 saturated carbocycles. The molecule has 0 saturated heterocycles. The summed E-state index contributed by atoms with van der Waals surface area (Å²) >= 11 is 0. The van der Waals surface area contributed by atoms with Crippen LogP contribution >= 0.6 is 0 Å². The molecular formula is C53H52N4O2. The van der Waals surface area contributed by atoms with Crippen molar-refractivity contribution in [2.45, 2.75) is 73.8 Å². The van der Waals surface area contributed by atoms with Gasteiger partial charge >= 0.3 is 0 Å². The fourth-order valence-electron chi connectivity index (χ4n) is 7.52. The summed E-state index contributed by atoms with van der Waals surface area (Å²) in [5.74, 6) is 2.63. The Morgan fingerprint density at radius 2 is 1.12 bits per heavy atom. The fourth-order valence-corrected chi connectivity index (χ4v) is 7.52. The summed E-state index contributed by atoms with van der Waals surface area (Å²) in [6.45, 7) is 14.6. The van der Waals surface area contributed by atoms with Crippen molar-refractivity contribution in [3.63, 3.8) is 0 Å². The third-order valence-corrected chi connectivity index (χ3v) is 10.3. The van der Waals surface area contributed by atoms with Crippen LogP contribution in [-0.4, -0.2) is 26.7 Å². The number of hydrogen-bond donors (Lipinski definition) is 0. The van der Waals surface area contributed by atoms with Gasteiger partial charge in [0, 0.05) is 50.0 Å². The molecule has 0 amide bonds. The van der Waals surface area contributed by atoms with E-state index in [4.69, 9.17) is 28.8 Å². The van der Waals surface area contributed by atoms with Crippen LogP contribution in [0.15, 0.2) is 159 Å². The zero-order valence-corrected chi connectivity index (χ0v) is 35.2. The first-order valence-electron chi connectivity index (χ1n) is 21.0. The van der Waals surface area contributed by atoms with E-state index in [1.807, 2.05) is 107 Å². The molecule has 1 atom stereocenters. The summed E-state index contributed by atoms with van der Waals surface area (Å²) in [5.41, 5.74) is 10.3. The first-order chi connectivity index (χ1) is 29.1. The maximum atomic E-state index is 6.73. The fraction of sp³-hybridized carbons (Fsp3) is 0.208. The minimum absolute atomic E-state index is 0.171. The lowest BCUT2D eigenvalue weighted by Crippen LogP contribution is -2.09. The average Bonchev–Trinajstić information content (AvgIpc) is 3.86. The zero-order valence-electron chi connectivity index (χ0n) is 35.2. The third-order valence-electron chi connectivity index (χ3n) is 10.3. The molecule has 0 bridgehead atoms. The van der Waals surface area contributed by atoms with Gasteiger partial charge in [-0.05, 0) is 55.7 Å². The van der Waals surface area contributed by atoms with Crippen molar-refractivity contribution in [3.05, 3.63) is 162 Å². The van der Waals surface area contributed by atoms with Gasteiger partial charge in [0.15, 0.2) is 23.2 Å². The SMILES string of the molecule is CC.CC.CCCCC(C)N=C(c1ccccc1)c1oc2cccc(-c3ccc4oc5cccc(-c6nc(-c7ccccc7)nc(-c7ccccc7)n6)c5c4c3)c2c1C. The summed E-state index contributed by atoms with van der Waals surface area (Å²) in [4.78, 5) is 20.3. The van der Waals surface area contributed by atoms with E-state index in [-0.39, 0.29) is 6.04 Å². The number of aliphatic imine (C=N–C) groups is 1. The monoisotopic (exact) mass is 776 g/mol. The molecular weight excluding hydrogens is 725 g/mol. The van der Waals surface area contributed by atoms with Gasteiger partial charge in [0.25, 0.3) is 0 Å². The van der Waals surface area contributed by atoms with Crippen LogP contribution in [0.5, 0.6) is 0 Å². The number of benzene rings is 6. The van der Waals surface area contributed by atoms with Crippen LogP contribution < -0.4 is 0 Å². The van der Waals surface area contributed by atoms with Crippen LogP contribution in [0.3, 0.4) is 0 Å². The molecule has 3 aromatic heterocycles. The van der Waals surface area contributed by atoms with Gasteiger partial charge in [-0.3, -0.25) is 4.99 Å². The highest BCUT2D eigenvalue weighted by molar-refractivity contribution is 6.16. The Kier molecular flexibility index (Phi) is 12.9. The number of fused-ring (bicyclic) bond motifs is 4. The number of unbranched alkanes of at least 4 members (excludes halogenated alkanes) is 1.